The van der Waals surface area contributed by atoms with Crippen LogP contribution in [0.4, 0.5) is 0 Å². The van der Waals surface area contributed by atoms with E-state index >= 15 is 0 Å². The average molecular weight is 155 g/mol. The van der Waals surface area contributed by atoms with Gasteiger partial charge in [-0.2, -0.15) is 0 Å². The topological polar surface area (TPSA) is 12.5 Å². The Labute approximate surface area is 68.5 Å². The zero-order chi connectivity index (χ0) is 7.68. The molecule has 2 rings (SSSR count). The van der Waals surface area contributed by atoms with Crippen LogP contribution in [0, 0.1) is 0 Å². The molecule has 0 bridgehead atoms. The van der Waals surface area contributed by atoms with Crippen molar-refractivity contribution in [3.8, 4) is 0 Å². The van der Waals surface area contributed by atoms with E-state index in [0.29, 0.717) is 6.10 Å². The Balaban J connectivity index is 2.03. The predicted molar refractivity (Wildman–Crippen MR) is 44.6 cm³/mol. The van der Waals surface area contributed by atoms with Crippen LogP contribution in [-0.2, 0) is 4.74 Å². The van der Waals surface area contributed by atoms with Gasteiger partial charge in [-0.25, -0.2) is 0 Å². The largest absolute Gasteiger partial charge is 0.377 e. The van der Waals surface area contributed by atoms with E-state index in [-0.39, 0.29) is 0 Å². The van der Waals surface area contributed by atoms with Crippen LogP contribution in [-0.4, -0.2) is 37.2 Å². The van der Waals surface area contributed by atoms with Gasteiger partial charge >= 0.3 is 0 Å². The van der Waals surface area contributed by atoms with Crippen LogP contribution in [0.2, 0.25) is 0 Å². The Hall–Kier alpha value is -0.0800. The number of ether oxygens (including phenoxy) is 1. The molecule has 0 aromatic carbocycles. The highest BCUT2D eigenvalue weighted by Gasteiger charge is 2.32. The third-order valence-corrected chi connectivity index (χ3v) is 2.97. The van der Waals surface area contributed by atoms with E-state index < -0.39 is 0 Å². The van der Waals surface area contributed by atoms with Gasteiger partial charge in [0, 0.05) is 19.2 Å². The van der Waals surface area contributed by atoms with E-state index in [1.807, 2.05) is 0 Å². The van der Waals surface area contributed by atoms with Crippen molar-refractivity contribution in [2.75, 3.05) is 20.2 Å². The summed E-state index contributed by atoms with van der Waals surface area (Å²) < 4.78 is 5.76. The summed E-state index contributed by atoms with van der Waals surface area (Å²) >= 11 is 0. The maximum absolute atomic E-state index is 5.76. The molecule has 1 heterocycles. The molecule has 2 atom stereocenters. The van der Waals surface area contributed by atoms with Gasteiger partial charge in [-0.05, 0) is 32.7 Å². The second-order valence-corrected chi connectivity index (χ2v) is 3.74. The Morgan fingerprint density at radius 3 is 3.09 bits per heavy atom. The quantitative estimate of drug-likeness (QED) is 0.522. The molecular weight excluding hydrogens is 138 g/mol. The molecule has 2 fully saturated rings. The minimum absolute atomic E-state index is 0.558. The van der Waals surface area contributed by atoms with Gasteiger partial charge in [-0.15, -0.1) is 0 Å². The zero-order valence-corrected chi connectivity index (χ0v) is 7.25. The van der Waals surface area contributed by atoms with Gasteiger partial charge in [-0.3, -0.25) is 0 Å². The fourth-order valence-corrected chi connectivity index (χ4v) is 2.32. The van der Waals surface area contributed by atoms with Gasteiger partial charge in [-0.1, -0.05) is 0 Å². The summed E-state index contributed by atoms with van der Waals surface area (Å²) in [6, 6.07) is 0.734. The van der Waals surface area contributed by atoms with Gasteiger partial charge in [0.05, 0.1) is 6.10 Å². The van der Waals surface area contributed by atoms with Crippen LogP contribution in [0.3, 0.4) is 0 Å². The first-order valence-electron chi connectivity index (χ1n) is 4.70. The van der Waals surface area contributed by atoms with E-state index in [1.54, 1.807) is 0 Å². The van der Waals surface area contributed by atoms with E-state index in [0.717, 1.165) is 12.6 Å². The van der Waals surface area contributed by atoms with Crippen molar-refractivity contribution in [2.24, 2.45) is 0 Å². The van der Waals surface area contributed by atoms with Crippen LogP contribution in [0.15, 0.2) is 0 Å². The van der Waals surface area contributed by atoms with Crippen LogP contribution in [0.25, 0.3) is 0 Å². The molecule has 0 radical (unpaired) electrons. The molecule has 0 aromatic heterocycles. The maximum Gasteiger partial charge on any atom is 0.0730 e. The van der Waals surface area contributed by atoms with Crippen molar-refractivity contribution < 1.29 is 4.74 Å². The molecule has 1 aliphatic carbocycles. The molecule has 0 amide bonds. The van der Waals surface area contributed by atoms with Crippen molar-refractivity contribution in [3.63, 3.8) is 0 Å². The van der Waals surface area contributed by atoms with Crippen molar-refractivity contribution in [2.45, 2.75) is 37.8 Å². The lowest BCUT2D eigenvalue weighted by Gasteiger charge is -2.25. The number of fused-ring (bicyclic) bond motifs is 1. The molecule has 1 saturated carbocycles. The maximum atomic E-state index is 5.76. The third-order valence-electron chi connectivity index (χ3n) is 2.97. The Kier molecular flexibility index (Phi) is 2.14. The number of nitrogens with zero attached hydrogens (tertiary/aromatic N) is 1. The summed E-state index contributed by atoms with van der Waals surface area (Å²) in [6.45, 7) is 2.20. The van der Waals surface area contributed by atoms with Gasteiger partial charge in [0.1, 0.15) is 0 Å². The highest BCUT2D eigenvalue weighted by Crippen LogP contribution is 2.27. The summed E-state index contributed by atoms with van der Waals surface area (Å²) in [6.07, 6.45) is 5.77. The molecule has 11 heavy (non-hydrogen) atoms. The minimum atomic E-state index is 0.558. The first-order valence-corrected chi connectivity index (χ1v) is 4.70. The molecule has 1 saturated heterocycles. The minimum Gasteiger partial charge on any atom is -0.377 e. The second-order valence-electron chi connectivity index (χ2n) is 3.74. The van der Waals surface area contributed by atoms with Crippen LogP contribution in [0.1, 0.15) is 25.7 Å². The molecule has 2 heteroatoms. The third kappa shape index (κ3) is 1.42. The smallest absolute Gasteiger partial charge is 0.0730 e. The van der Waals surface area contributed by atoms with Gasteiger partial charge in [0.15, 0.2) is 0 Å². The van der Waals surface area contributed by atoms with Gasteiger partial charge in [0.2, 0.25) is 0 Å². The van der Waals surface area contributed by atoms with Crippen molar-refractivity contribution in [3.05, 3.63) is 0 Å². The van der Waals surface area contributed by atoms with Gasteiger partial charge in [0.25, 0.3) is 0 Å². The highest BCUT2D eigenvalue weighted by atomic mass is 16.5. The van der Waals surface area contributed by atoms with Crippen LogP contribution < -0.4 is 0 Å². The molecule has 0 spiro atoms. The fourth-order valence-electron chi connectivity index (χ4n) is 2.32. The Bertz CT molecular complexity index is 138. The standard InChI is InChI=1S/C9H17NO/c1-10-6-3-7-11-9-5-2-4-8(9)10/h8-9H,2-7H2,1H3/t8-,9+/m0/s1. The molecule has 0 N–H and O–H groups in total. The zero-order valence-electron chi connectivity index (χ0n) is 7.25. The molecule has 2 nitrogen and oxygen atoms in total. The van der Waals surface area contributed by atoms with E-state index in [2.05, 4.69) is 11.9 Å². The van der Waals surface area contributed by atoms with E-state index in [1.165, 1.54) is 32.2 Å². The molecule has 0 aromatic rings. The van der Waals surface area contributed by atoms with E-state index in [4.69, 9.17) is 4.74 Å². The fraction of sp³-hybridized carbons (Fsp3) is 1.00. The van der Waals surface area contributed by atoms with Crippen LogP contribution in [0.5, 0.6) is 0 Å². The van der Waals surface area contributed by atoms with Crippen molar-refractivity contribution >= 4 is 0 Å². The highest BCUT2D eigenvalue weighted by molar-refractivity contribution is 4.86. The summed E-state index contributed by atoms with van der Waals surface area (Å²) in [5.74, 6) is 0. The predicted octanol–water partition coefficient (Wildman–Crippen LogP) is 1.26. The van der Waals surface area contributed by atoms with E-state index in [9.17, 15) is 0 Å². The summed E-state index contributed by atoms with van der Waals surface area (Å²) in [4.78, 5) is 2.48. The number of likely N-dealkylation sites (N-methyl/N-ethyl adjacent to an activating group) is 1. The number of rotatable bonds is 0. The normalized spacial score (nSPS) is 40.1. The Morgan fingerprint density at radius 1 is 1.27 bits per heavy atom. The average Bonchev–Trinajstić information content (AvgIpc) is 2.40. The number of hydrogen-bond donors (Lipinski definition) is 0. The lowest BCUT2D eigenvalue weighted by molar-refractivity contribution is 0.0387. The molecule has 64 valence electrons. The lowest BCUT2D eigenvalue weighted by Crippen LogP contribution is -2.36. The first kappa shape index (κ1) is 7.56. The summed E-state index contributed by atoms with van der Waals surface area (Å²) in [5.41, 5.74) is 0. The van der Waals surface area contributed by atoms with Crippen molar-refractivity contribution in [1.82, 2.24) is 4.90 Å². The number of hydrogen-bond acceptors (Lipinski definition) is 2. The molecule has 1 aliphatic heterocycles. The second kappa shape index (κ2) is 3.11. The SMILES string of the molecule is CN1CCCO[C@@H]2CCC[C@@H]21. The molecule has 2 aliphatic rings. The summed E-state index contributed by atoms with van der Waals surface area (Å²) in [5, 5.41) is 0. The molecular formula is C9H17NO. The molecule has 0 unspecified atom stereocenters. The first-order chi connectivity index (χ1) is 5.38. The van der Waals surface area contributed by atoms with Crippen LogP contribution >= 0.6 is 0 Å². The summed E-state index contributed by atoms with van der Waals surface area (Å²) in [7, 11) is 2.23. The Morgan fingerprint density at radius 2 is 2.18 bits per heavy atom. The monoisotopic (exact) mass is 155 g/mol. The van der Waals surface area contributed by atoms with Crippen molar-refractivity contribution in [1.29, 1.82) is 0 Å². The van der Waals surface area contributed by atoms with Gasteiger partial charge < -0.3 is 9.64 Å². The lowest BCUT2D eigenvalue weighted by atomic mass is 10.2.